The van der Waals surface area contributed by atoms with E-state index in [1.54, 1.807) is 6.92 Å². The monoisotopic (exact) mass is 220 g/mol. The van der Waals surface area contributed by atoms with Crippen LogP contribution in [0.15, 0.2) is 0 Å². The molecule has 1 atom stereocenters. The summed E-state index contributed by atoms with van der Waals surface area (Å²) in [4.78, 5) is 0. The third kappa shape index (κ3) is 3.55. The van der Waals surface area contributed by atoms with Gasteiger partial charge < -0.3 is 5.32 Å². The van der Waals surface area contributed by atoms with Crippen molar-refractivity contribution in [2.45, 2.75) is 26.7 Å². The van der Waals surface area contributed by atoms with Crippen LogP contribution in [0.3, 0.4) is 0 Å². The maximum atomic E-state index is 11.3. The standard InChI is InChI=1S/C9H20N2O2S/c1-3-14(12,13)11-8-9(2)5-4-6-10-7-9/h10-11H,3-8H2,1-2H3. The highest BCUT2D eigenvalue weighted by atomic mass is 32.2. The fourth-order valence-electron chi connectivity index (χ4n) is 1.66. The Bertz CT molecular complexity index is 269. The molecule has 0 aromatic rings. The van der Waals surface area contributed by atoms with E-state index < -0.39 is 10.0 Å². The molecule has 0 aromatic heterocycles. The zero-order chi connectivity index (χ0) is 10.7. The van der Waals surface area contributed by atoms with E-state index in [1.807, 2.05) is 0 Å². The van der Waals surface area contributed by atoms with Crippen LogP contribution in [0.25, 0.3) is 0 Å². The Kier molecular flexibility index (Phi) is 3.92. The van der Waals surface area contributed by atoms with Crippen LogP contribution in [0.2, 0.25) is 0 Å². The zero-order valence-corrected chi connectivity index (χ0v) is 9.78. The average Bonchev–Trinajstić information content (AvgIpc) is 2.17. The molecule has 0 amide bonds. The fraction of sp³-hybridized carbons (Fsp3) is 1.00. The van der Waals surface area contributed by atoms with Gasteiger partial charge >= 0.3 is 0 Å². The molecular formula is C9H20N2O2S. The number of hydrogen-bond donors (Lipinski definition) is 2. The first kappa shape index (κ1) is 11.9. The normalized spacial score (nSPS) is 29.0. The lowest BCUT2D eigenvalue weighted by atomic mass is 9.83. The first-order valence-electron chi connectivity index (χ1n) is 5.15. The first-order valence-corrected chi connectivity index (χ1v) is 6.81. The SMILES string of the molecule is CCS(=O)(=O)NCC1(C)CCCNC1. The van der Waals surface area contributed by atoms with Crippen LogP contribution in [0, 0.1) is 5.41 Å². The molecule has 1 aliphatic heterocycles. The van der Waals surface area contributed by atoms with E-state index in [9.17, 15) is 8.42 Å². The van der Waals surface area contributed by atoms with Crippen LogP contribution < -0.4 is 10.0 Å². The van der Waals surface area contributed by atoms with E-state index in [2.05, 4.69) is 17.0 Å². The van der Waals surface area contributed by atoms with Gasteiger partial charge in [0.1, 0.15) is 0 Å². The molecule has 0 aromatic carbocycles. The van der Waals surface area contributed by atoms with Gasteiger partial charge in [-0.2, -0.15) is 0 Å². The third-order valence-corrected chi connectivity index (χ3v) is 4.13. The first-order chi connectivity index (χ1) is 6.47. The summed E-state index contributed by atoms with van der Waals surface area (Å²) < 4.78 is 25.2. The molecule has 0 bridgehead atoms. The van der Waals surface area contributed by atoms with Crippen molar-refractivity contribution in [3.63, 3.8) is 0 Å². The molecule has 1 unspecified atom stereocenters. The molecule has 4 nitrogen and oxygen atoms in total. The molecule has 5 heteroatoms. The highest BCUT2D eigenvalue weighted by Gasteiger charge is 2.27. The number of sulfonamides is 1. The third-order valence-electron chi connectivity index (χ3n) is 2.78. The van der Waals surface area contributed by atoms with Gasteiger partial charge in [0.25, 0.3) is 0 Å². The maximum absolute atomic E-state index is 11.3. The number of nitrogens with one attached hydrogen (secondary N) is 2. The Labute approximate surface area is 86.5 Å². The zero-order valence-electron chi connectivity index (χ0n) is 8.97. The fourth-order valence-corrected chi connectivity index (χ4v) is 2.43. The van der Waals surface area contributed by atoms with Crippen LogP contribution in [0.5, 0.6) is 0 Å². The Morgan fingerprint density at radius 3 is 2.71 bits per heavy atom. The molecule has 1 rings (SSSR count). The van der Waals surface area contributed by atoms with E-state index in [0.717, 1.165) is 25.9 Å². The lowest BCUT2D eigenvalue weighted by Gasteiger charge is -2.34. The summed E-state index contributed by atoms with van der Waals surface area (Å²) in [6.07, 6.45) is 2.22. The highest BCUT2D eigenvalue weighted by Crippen LogP contribution is 2.24. The predicted molar refractivity (Wildman–Crippen MR) is 57.7 cm³/mol. The minimum Gasteiger partial charge on any atom is -0.316 e. The second-order valence-electron chi connectivity index (χ2n) is 4.32. The van der Waals surface area contributed by atoms with Crippen LogP contribution in [0.4, 0.5) is 0 Å². The Balaban J connectivity index is 2.43. The van der Waals surface area contributed by atoms with Gasteiger partial charge in [0.15, 0.2) is 0 Å². The maximum Gasteiger partial charge on any atom is 0.211 e. The lowest BCUT2D eigenvalue weighted by molar-refractivity contribution is 0.238. The van der Waals surface area contributed by atoms with Gasteiger partial charge in [-0.25, -0.2) is 13.1 Å². The van der Waals surface area contributed by atoms with E-state index in [4.69, 9.17) is 0 Å². The van der Waals surface area contributed by atoms with E-state index in [0.29, 0.717) is 6.54 Å². The van der Waals surface area contributed by atoms with Gasteiger partial charge in [0.05, 0.1) is 5.75 Å². The molecule has 1 fully saturated rings. The quantitative estimate of drug-likeness (QED) is 0.717. The summed E-state index contributed by atoms with van der Waals surface area (Å²) >= 11 is 0. The molecule has 0 saturated carbocycles. The molecular weight excluding hydrogens is 200 g/mol. The average molecular weight is 220 g/mol. The van der Waals surface area contributed by atoms with E-state index >= 15 is 0 Å². The molecule has 0 radical (unpaired) electrons. The molecule has 14 heavy (non-hydrogen) atoms. The van der Waals surface area contributed by atoms with Crippen molar-refractivity contribution in [2.24, 2.45) is 5.41 Å². The number of rotatable bonds is 4. The number of piperidine rings is 1. The molecule has 0 aliphatic carbocycles. The molecule has 2 N–H and O–H groups in total. The van der Waals surface area contributed by atoms with Crippen molar-refractivity contribution in [3.05, 3.63) is 0 Å². The van der Waals surface area contributed by atoms with Crippen LogP contribution >= 0.6 is 0 Å². The molecule has 84 valence electrons. The van der Waals surface area contributed by atoms with Crippen LogP contribution in [-0.4, -0.2) is 33.8 Å². The minimum atomic E-state index is -3.03. The largest absolute Gasteiger partial charge is 0.316 e. The van der Waals surface area contributed by atoms with E-state index in [1.165, 1.54) is 0 Å². The Hall–Kier alpha value is -0.130. The summed E-state index contributed by atoms with van der Waals surface area (Å²) in [5.74, 6) is 0.163. The lowest BCUT2D eigenvalue weighted by Crippen LogP contribution is -2.45. The van der Waals surface area contributed by atoms with Crippen molar-refractivity contribution < 1.29 is 8.42 Å². The summed E-state index contributed by atoms with van der Waals surface area (Å²) in [5.41, 5.74) is 0.0838. The smallest absolute Gasteiger partial charge is 0.211 e. The van der Waals surface area contributed by atoms with Gasteiger partial charge in [0, 0.05) is 13.1 Å². The van der Waals surface area contributed by atoms with Crippen molar-refractivity contribution >= 4 is 10.0 Å². The summed E-state index contributed by atoms with van der Waals surface area (Å²) in [6.45, 7) is 6.28. The second kappa shape index (κ2) is 4.59. The summed E-state index contributed by atoms with van der Waals surface area (Å²) in [5, 5.41) is 3.29. The van der Waals surface area contributed by atoms with Crippen LogP contribution in [-0.2, 0) is 10.0 Å². The van der Waals surface area contributed by atoms with Crippen LogP contribution in [0.1, 0.15) is 26.7 Å². The Morgan fingerprint density at radius 1 is 1.50 bits per heavy atom. The predicted octanol–water partition coefficient (Wildman–Crippen LogP) is 0.315. The molecule has 1 saturated heterocycles. The molecule has 1 aliphatic rings. The van der Waals surface area contributed by atoms with E-state index in [-0.39, 0.29) is 11.2 Å². The topological polar surface area (TPSA) is 58.2 Å². The molecule has 0 spiro atoms. The van der Waals surface area contributed by atoms with Gasteiger partial charge in [-0.3, -0.25) is 0 Å². The summed E-state index contributed by atoms with van der Waals surface area (Å²) in [6, 6.07) is 0. The van der Waals surface area contributed by atoms with Gasteiger partial charge in [-0.15, -0.1) is 0 Å². The highest BCUT2D eigenvalue weighted by molar-refractivity contribution is 7.89. The van der Waals surface area contributed by atoms with Gasteiger partial charge in [-0.1, -0.05) is 6.92 Å². The second-order valence-corrected chi connectivity index (χ2v) is 6.41. The van der Waals surface area contributed by atoms with Crippen molar-refractivity contribution in [3.8, 4) is 0 Å². The van der Waals surface area contributed by atoms with Gasteiger partial charge in [-0.05, 0) is 31.7 Å². The van der Waals surface area contributed by atoms with Crippen molar-refractivity contribution in [2.75, 3.05) is 25.4 Å². The molecule has 1 heterocycles. The Morgan fingerprint density at radius 2 is 2.21 bits per heavy atom. The summed E-state index contributed by atoms with van der Waals surface area (Å²) in [7, 11) is -3.03. The minimum absolute atomic E-state index is 0.0838. The van der Waals surface area contributed by atoms with Crippen molar-refractivity contribution in [1.29, 1.82) is 0 Å². The van der Waals surface area contributed by atoms with Gasteiger partial charge in [0.2, 0.25) is 10.0 Å². The van der Waals surface area contributed by atoms with Crippen molar-refractivity contribution in [1.82, 2.24) is 10.0 Å². The number of hydrogen-bond acceptors (Lipinski definition) is 3.